The fourth-order valence-electron chi connectivity index (χ4n) is 1.92. The maximum Gasteiger partial charge on any atom is 0.272 e. The minimum atomic E-state index is -0.318. The van der Waals surface area contributed by atoms with Crippen molar-refractivity contribution in [3.63, 3.8) is 0 Å². The number of nitrogens with zero attached hydrogens (tertiary/aromatic N) is 2. The van der Waals surface area contributed by atoms with Crippen LogP contribution in [0.3, 0.4) is 0 Å². The Hall–Kier alpha value is -2.89. The molecule has 106 valence electrons. The van der Waals surface area contributed by atoms with Gasteiger partial charge in [-0.05, 0) is 24.3 Å². The van der Waals surface area contributed by atoms with Gasteiger partial charge in [0, 0.05) is 18.0 Å². The minimum absolute atomic E-state index is 0.318. The third-order valence-corrected chi connectivity index (χ3v) is 2.89. The molecule has 0 radical (unpaired) electrons. The van der Waals surface area contributed by atoms with Gasteiger partial charge in [-0.15, -0.1) is 0 Å². The summed E-state index contributed by atoms with van der Waals surface area (Å²) in [7, 11) is 0. The molecule has 0 fully saturated rings. The van der Waals surface area contributed by atoms with Gasteiger partial charge in [0.1, 0.15) is 13.2 Å². The van der Waals surface area contributed by atoms with Crippen molar-refractivity contribution < 1.29 is 14.3 Å². The number of hydrogen-bond acceptors (Lipinski definition) is 5. The molecule has 2 aromatic rings. The van der Waals surface area contributed by atoms with Gasteiger partial charge in [0.2, 0.25) is 0 Å². The molecule has 3 rings (SSSR count). The lowest BCUT2D eigenvalue weighted by atomic mass is 10.2. The number of carbonyl (C=O) groups is 1. The fraction of sp³-hybridized carbons (Fsp3) is 0.133. The third-order valence-electron chi connectivity index (χ3n) is 2.89. The van der Waals surface area contributed by atoms with Crippen molar-refractivity contribution >= 4 is 12.1 Å². The van der Waals surface area contributed by atoms with Gasteiger partial charge in [-0.3, -0.25) is 9.78 Å². The van der Waals surface area contributed by atoms with E-state index in [1.165, 1.54) is 12.4 Å². The number of pyridine rings is 1. The molecule has 0 saturated heterocycles. The van der Waals surface area contributed by atoms with Gasteiger partial charge in [-0.2, -0.15) is 5.10 Å². The fourth-order valence-corrected chi connectivity index (χ4v) is 1.92. The van der Waals surface area contributed by atoms with Crippen molar-refractivity contribution in [1.82, 2.24) is 10.4 Å². The lowest BCUT2D eigenvalue weighted by Crippen LogP contribution is -2.18. The molecule has 1 aliphatic heterocycles. The molecule has 1 aliphatic rings. The molecule has 21 heavy (non-hydrogen) atoms. The molecule has 0 saturated carbocycles. The van der Waals surface area contributed by atoms with Crippen LogP contribution in [0.1, 0.15) is 15.9 Å². The summed E-state index contributed by atoms with van der Waals surface area (Å²) in [6.07, 6.45) is 4.61. The highest BCUT2D eigenvalue weighted by Gasteiger charge is 2.14. The topological polar surface area (TPSA) is 72.8 Å². The molecule has 1 N–H and O–H groups in total. The summed E-state index contributed by atoms with van der Waals surface area (Å²) in [5.41, 5.74) is 3.65. The average molecular weight is 283 g/mol. The maximum atomic E-state index is 11.8. The Labute approximate surface area is 121 Å². The van der Waals surface area contributed by atoms with Crippen molar-refractivity contribution in [2.75, 3.05) is 13.2 Å². The maximum absolute atomic E-state index is 11.8. The van der Waals surface area contributed by atoms with Gasteiger partial charge in [0.15, 0.2) is 11.5 Å². The highest BCUT2D eigenvalue weighted by Crippen LogP contribution is 2.32. The number of amides is 1. The Morgan fingerprint density at radius 3 is 3.00 bits per heavy atom. The van der Waals surface area contributed by atoms with Gasteiger partial charge in [-0.25, -0.2) is 5.43 Å². The van der Waals surface area contributed by atoms with Crippen molar-refractivity contribution in [3.8, 4) is 11.5 Å². The summed E-state index contributed by atoms with van der Waals surface area (Å²) < 4.78 is 11.0. The Morgan fingerprint density at radius 2 is 2.14 bits per heavy atom. The van der Waals surface area contributed by atoms with Crippen LogP contribution in [0.15, 0.2) is 47.8 Å². The average Bonchev–Trinajstić information content (AvgIpc) is 2.56. The molecule has 1 aromatic carbocycles. The van der Waals surface area contributed by atoms with Crippen LogP contribution in [0.25, 0.3) is 0 Å². The SMILES string of the molecule is O=C(N/N=C/c1cccc2c1OCCO2)c1cccnc1. The number of rotatable bonds is 3. The summed E-state index contributed by atoms with van der Waals surface area (Å²) in [5.74, 6) is 1.01. The van der Waals surface area contributed by atoms with Crippen LogP contribution >= 0.6 is 0 Å². The van der Waals surface area contributed by atoms with Crippen molar-refractivity contribution in [2.45, 2.75) is 0 Å². The number of fused-ring (bicyclic) bond motifs is 1. The first-order valence-electron chi connectivity index (χ1n) is 6.46. The Bertz CT molecular complexity index is 671. The summed E-state index contributed by atoms with van der Waals surface area (Å²) in [5, 5.41) is 3.94. The second-order valence-corrected chi connectivity index (χ2v) is 4.31. The predicted octanol–water partition coefficient (Wildman–Crippen LogP) is 1.62. The van der Waals surface area contributed by atoms with Crippen LogP contribution < -0.4 is 14.9 Å². The Balaban J connectivity index is 1.71. The largest absolute Gasteiger partial charge is 0.486 e. The Morgan fingerprint density at radius 1 is 1.24 bits per heavy atom. The molecule has 0 aliphatic carbocycles. The van der Waals surface area contributed by atoms with E-state index >= 15 is 0 Å². The second-order valence-electron chi connectivity index (χ2n) is 4.31. The molecular formula is C15H13N3O3. The lowest BCUT2D eigenvalue weighted by molar-refractivity contribution is 0.0954. The quantitative estimate of drug-likeness (QED) is 0.686. The molecule has 0 spiro atoms. The smallest absolute Gasteiger partial charge is 0.272 e. The number of aromatic nitrogens is 1. The van der Waals surface area contributed by atoms with E-state index in [0.717, 1.165) is 5.56 Å². The summed E-state index contributed by atoms with van der Waals surface area (Å²) in [6.45, 7) is 1.03. The zero-order chi connectivity index (χ0) is 14.5. The third kappa shape index (κ3) is 3.00. The molecule has 0 bridgehead atoms. The van der Waals surface area contributed by atoms with E-state index in [0.29, 0.717) is 30.3 Å². The molecule has 1 aromatic heterocycles. The van der Waals surface area contributed by atoms with Crippen LogP contribution in [0.4, 0.5) is 0 Å². The highest BCUT2D eigenvalue weighted by molar-refractivity contribution is 5.94. The minimum Gasteiger partial charge on any atom is -0.486 e. The molecule has 6 heteroatoms. The molecule has 0 unspecified atom stereocenters. The predicted molar refractivity (Wildman–Crippen MR) is 76.7 cm³/mol. The monoisotopic (exact) mass is 283 g/mol. The number of hydrazone groups is 1. The zero-order valence-corrected chi connectivity index (χ0v) is 11.2. The number of para-hydroxylation sites is 1. The van der Waals surface area contributed by atoms with E-state index < -0.39 is 0 Å². The van der Waals surface area contributed by atoms with Crippen LogP contribution in [-0.2, 0) is 0 Å². The first kappa shape index (κ1) is 13.1. The van der Waals surface area contributed by atoms with Crippen LogP contribution in [-0.4, -0.2) is 30.3 Å². The number of nitrogens with one attached hydrogen (secondary N) is 1. The summed E-state index contributed by atoms with van der Waals surface area (Å²) in [4.78, 5) is 15.7. The summed E-state index contributed by atoms with van der Waals surface area (Å²) >= 11 is 0. The van der Waals surface area contributed by atoms with Gasteiger partial charge in [0.05, 0.1) is 11.8 Å². The summed E-state index contributed by atoms with van der Waals surface area (Å²) in [6, 6.07) is 8.88. The number of ether oxygens (including phenoxy) is 2. The van der Waals surface area contributed by atoms with Crippen LogP contribution in [0, 0.1) is 0 Å². The van der Waals surface area contributed by atoms with Crippen molar-refractivity contribution in [2.24, 2.45) is 5.10 Å². The van der Waals surface area contributed by atoms with Crippen molar-refractivity contribution in [1.29, 1.82) is 0 Å². The highest BCUT2D eigenvalue weighted by atomic mass is 16.6. The van der Waals surface area contributed by atoms with Gasteiger partial charge >= 0.3 is 0 Å². The van der Waals surface area contributed by atoms with E-state index in [9.17, 15) is 4.79 Å². The zero-order valence-electron chi connectivity index (χ0n) is 11.2. The Kier molecular flexibility index (Phi) is 3.77. The van der Waals surface area contributed by atoms with Crippen LogP contribution in [0.2, 0.25) is 0 Å². The van der Waals surface area contributed by atoms with Crippen LogP contribution in [0.5, 0.6) is 11.5 Å². The number of carbonyl (C=O) groups excluding carboxylic acids is 1. The number of benzene rings is 1. The first-order chi connectivity index (χ1) is 10.3. The molecule has 2 heterocycles. The van der Waals surface area contributed by atoms with Gasteiger partial charge in [-0.1, -0.05) is 6.07 Å². The molecular weight excluding hydrogens is 270 g/mol. The van der Waals surface area contributed by atoms with E-state index in [1.54, 1.807) is 18.3 Å². The van der Waals surface area contributed by atoms with E-state index in [4.69, 9.17) is 9.47 Å². The molecule has 1 amide bonds. The van der Waals surface area contributed by atoms with E-state index in [-0.39, 0.29) is 5.91 Å². The van der Waals surface area contributed by atoms with E-state index in [1.807, 2.05) is 18.2 Å². The molecule has 0 atom stereocenters. The lowest BCUT2D eigenvalue weighted by Gasteiger charge is -2.19. The van der Waals surface area contributed by atoms with Gasteiger partial charge < -0.3 is 9.47 Å². The van der Waals surface area contributed by atoms with E-state index in [2.05, 4.69) is 15.5 Å². The molecule has 6 nitrogen and oxygen atoms in total. The first-order valence-corrected chi connectivity index (χ1v) is 6.46. The second kappa shape index (κ2) is 6.04. The van der Waals surface area contributed by atoms with Crippen molar-refractivity contribution in [3.05, 3.63) is 53.9 Å². The van der Waals surface area contributed by atoms with Gasteiger partial charge in [0.25, 0.3) is 5.91 Å². The standard InChI is InChI=1S/C15H13N3O3/c19-15(12-4-2-6-16-9-12)18-17-10-11-3-1-5-13-14(11)21-8-7-20-13/h1-6,9-10H,7-8H2,(H,18,19)/b17-10+. The normalized spacial score (nSPS) is 13.1. The number of hydrogen-bond donors (Lipinski definition) is 1.